The maximum absolute atomic E-state index is 12.8. The Kier molecular flexibility index (Phi) is 6.10. The number of hydrogen-bond donors (Lipinski definition) is 2. The van der Waals surface area contributed by atoms with E-state index in [1.165, 1.54) is 32.1 Å². The fourth-order valence-corrected chi connectivity index (χ4v) is 10.2. The molecule has 0 saturated heterocycles. The molecule has 0 amide bonds. The van der Waals surface area contributed by atoms with Crippen LogP contribution in [-0.4, -0.2) is 27.7 Å². The van der Waals surface area contributed by atoms with Crippen LogP contribution in [0, 0.1) is 45.3 Å². The minimum Gasteiger partial charge on any atom is -0.390 e. The van der Waals surface area contributed by atoms with Gasteiger partial charge in [-0.1, -0.05) is 46.8 Å². The number of hydrogen-bond acceptors (Lipinski definition) is 3. The van der Waals surface area contributed by atoms with Gasteiger partial charge in [-0.2, -0.15) is 0 Å². The molecule has 0 aliphatic heterocycles. The molecule has 33 heavy (non-hydrogen) atoms. The topological polar surface area (TPSA) is 57.5 Å². The van der Waals surface area contributed by atoms with Crippen molar-refractivity contribution in [1.29, 1.82) is 0 Å². The Bertz CT molecular complexity index is 811. The highest BCUT2D eigenvalue weighted by Gasteiger charge is 2.68. The Morgan fingerprint density at radius 2 is 1.67 bits per heavy atom. The van der Waals surface area contributed by atoms with Crippen molar-refractivity contribution in [3.05, 3.63) is 12.2 Å². The second-order valence-electron chi connectivity index (χ2n) is 14.2. The van der Waals surface area contributed by atoms with Gasteiger partial charge in [0.1, 0.15) is 5.78 Å². The third-order valence-electron chi connectivity index (χ3n) is 12.4. The average Bonchev–Trinajstić information content (AvgIpc) is 3.01. The Morgan fingerprint density at radius 3 is 2.30 bits per heavy atom. The van der Waals surface area contributed by atoms with Crippen LogP contribution in [0.3, 0.4) is 0 Å². The third-order valence-corrected chi connectivity index (χ3v) is 12.4. The zero-order chi connectivity index (χ0) is 24.6. The van der Waals surface area contributed by atoms with E-state index in [1.54, 1.807) is 0 Å². The largest absolute Gasteiger partial charge is 0.390 e. The van der Waals surface area contributed by atoms with E-state index in [0.29, 0.717) is 36.4 Å². The van der Waals surface area contributed by atoms with Gasteiger partial charge in [-0.25, -0.2) is 0 Å². The molecule has 188 valence electrons. The monoisotopic (exact) mass is 458 g/mol. The molecule has 4 rings (SSSR count). The van der Waals surface area contributed by atoms with Gasteiger partial charge in [0.25, 0.3) is 0 Å². The molecule has 4 saturated carbocycles. The lowest BCUT2D eigenvalue weighted by atomic mass is 9.38. The van der Waals surface area contributed by atoms with Crippen molar-refractivity contribution in [3.63, 3.8) is 0 Å². The van der Waals surface area contributed by atoms with Crippen LogP contribution >= 0.6 is 0 Å². The molecule has 0 aromatic heterocycles. The molecule has 3 nitrogen and oxygen atoms in total. The summed E-state index contributed by atoms with van der Waals surface area (Å²) in [5.74, 6) is 2.62. The van der Waals surface area contributed by atoms with Crippen LogP contribution in [0.15, 0.2) is 12.2 Å². The van der Waals surface area contributed by atoms with E-state index in [4.69, 9.17) is 0 Å². The minimum atomic E-state index is -0.768. The van der Waals surface area contributed by atoms with Gasteiger partial charge < -0.3 is 10.2 Å². The average molecular weight is 459 g/mol. The molecular weight excluding hydrogens is 408 g/mol. The van der Waals surface area contributed by atoms with Crippen molar-refractivity contribution in [2.75, 3.05) is 0 Å². The molecule has 4 fully saturated rings. The van der Waals surface area contributed by atoms with Gasteiger partial charge in [0.15, 0.2) is 0 Å². The van der Waals surface area contributed by atoms with Gasteiger partial charge in [0.2, 0.25) is 0 Å². The van der Waals surface area contributed by atoms with Crippen molar-refractivity contribution in [2.45, 2.75) is 124 Å². The highest BCUT2D eigenvalue weighted by Crippen LogP contribution is 2.74. The van der Waals surface area contributed by atoms with E-state index in [9.17, 15) is 15.0 Å². The number of fused-ring (bicyclic) bond motifs is 5. The first-order valence-electron chi connectivity index (χ1n) is 13.7. The molecule has 0 bridgehead atoms. The molecule has 3 heteroatoms. The van der Waals surface area contributed by atoms with Crippen LogP contribution in [-0.2, 0) is 4.79 Å². The van der Waals surface area contributed by atoms with Crippen LogP contribution < -0.4 is 0 Å². The van der Waals surface area contributed by atoms with E-state index in [2.05, 4.69) is 41.2 Å². The number of Topliss-reactive ketones (excluding diaryl/α,β-unsaturated/α-hetero) is 1. The quantitative estimate of drug-likeness (QED) is 0.450. The molecule has 0 unspecified atom stereocenters. The van der Waals surface area contributed by atoms with Gasteiger partial charge in [-0.15, -0.1) is 0 Å². The summed E-state index contributed by atoms with van der Waals surface area (Å²) < 4.78 is 0. The molecule has 0 spiro atoms. The summed E-state index contributed by atoms with van der Waals surface area (Å²) in [6.45, 7) is 19.8. The number of aliphatic hydroxyl groups excluding tert-OH is 1. The molecule has 0 radical (unpaired) electrons. The van der Waals surface area contributed by atoms with E-state index >= 15 is 0 Å². The zero-order valence-corrected chi connectivity index (χ0v) is 22.5. The van der Waals surface area contributed by atoms with Crippen molar-refractivity contribution in [2.24, 2.45) is 45.3 Å². The van der Waals surface area contributed by atoms with Crippen molar-refractivity contribution >= 4 is 5.78 Å². The molecule has 0 aromatic rings. The third kappa shape index (κ3) is 3.53. The van der Waals surface area contributed by atoms with Crippen LogP contribution in [0.25, 0.3) is 0 Å². The number of ketones is 1. The summed E-state index contributed by atoms with van der Waals surface area (Å²) in [4.78, 5) is 12.8. The van der Waals surface area contributed by atoms with Crippen LogP contribution in [0.4, 0.5) is 0 Å². The van der Waals surface area contributed by atoms with E-state index in [-0.39, 0.29) is 27.6 Å². The van der Waals surface area contributed by atoms with Gasteiger partial charge in [0, 0.05) is 11.8 Å². The molecule has 4 aliphatic rings. The number of carbonyl (C=O) groups is 1. The smallest absolute Gasteiger partial charge is 0.138 e. The zero-order valence-electron chi connectivity index (χ0n) is 22.5. The first kappa shape index (κ1) is 25.4. The van der Waals surface area contributed by atoms with Crippen LogP contribution in [0.1, 0.15) is 113 Å². The predicted octanol–water partition coefficient (Wildman–Crippen LogP) is 6.71. The van der Waals surface area contributed by atoms with Gasteiger partial charge in [0.05, 0.1) is 11.7 Å². The Morgan fingerprint density at radius 1 is 1.03 bits per heavy atom. The number of rotatable bonds is 5. The number of carbonyl (C=O) groups excluding carboxylic acids is 1. The summed E-state index contributed by atoms with van der Waals surface area (Å²) >= 11 is 0. The molecule has 2 N–H and O–H groups in total. The Labute approximate surface area is 202 Å². The molecule has 0 aromatic carbocycles. The first-order chi connectivity index (χ1) is 15.1. The second kappa shape index (κ2) is 7.92. The Hall–Kier alpha value is -0.670. The highest BCUT2D eigenvalue weighted by atomic mass is 16.3. The summed E-state index contributed by atoms with van der Waals surface area (Å²) in [5, 5.41) is 22.0. The highest BCUT2D eigenvalue weighted by molar-refractivity contribution is 5.85. The summed E-state index contributed by atoms with van der Waals surface area (Å²) in [5.41, 5.74) is 0.442. The maximum atomic E-state index is 12.8. The minimum absolute atomic E-state index is 0.120. The molecule has 0 heterocycles. The van der Waals surface area contributed by atoms with Crippen LogP contribution in [0.2, 0.25) is 0 Å². The predicted molar refractivity (Wildman–Crippen MR) is 135 cm³/mol. The normalized spacial score (nSPS) is 47.1. The van der Waals surface area contributed by atoms with E-state index in [1.807, 2.05) is 13.8 Å². The summed E-state index contributed by atoms with van der Waals surface area (Å²) in [6, 6.07) is 0. The fraction of sp³-hybridized carbons (Fsp3) is 0.900. The van der Waals surface area contributed by atoms with Gasteiger partial charge >= 0.3 is 0 Å². The van der Waals surface area contributed by atoms with E-state index < -0.39 is 11.7 Å². The summed E-state index contributed by atoms with van der Waals surface area (Å²) in [7, 11) is 0. The fourth-order valence-electron chi connectivity index (χ4n) is 10.2. The van der Waals surface area contributed by atoms with Crippen molar-refractivity contribution < 1.29 is 15.0 Å². The molecular formula is C30H50O3. The molecule has 9 atom stereocenters. The maximum Gasteiger partial charge on any atom is 0.138 e. The lowest BCUT2D eigenvalue weighted by Gasteiger charge is -2.66. The molecule has 4 aliphatic carbocycles. The van der Waals surface area contributed by atoms with Gasteiger partial charge in [-0.05, 0) is 112 Å². The summed E-state index contributed by atoms with van der Waals surface area (Å²) in [6.07, 6.45) is 9.58. The Balaban J connectivity index is 1.60. The first-order valence-corrected chi connectivity index (χ1v) is 13.7. The lowest BCUT2D eigenvalue weighted by molar-refractivity contribution is -0.191. The van der Waals surface area contributed by atoms with Crippen LogP contribution in [0.5, 0.6) is 0 Å². The number of aliphatic hydroxyl groups is 2. The standard InChI is InChI=1S/C30H50O3/c1-19(2)22(31)12-18-30(8,33)24-13-17-28(6)21-9-10-23-26(3,4)25(32)14-15-27(23,5)20(21)11-16-29(24,28)7/h20-24,31,33H,1,9-18H2,2-8H3/t20-,21+,22-,23-,24+,27+,28+,29-,30+/m0/s1. The second-order valence-corrected chi connectivity index (χ2v) is 14.2. The lowest BCUT2D eigenvalue weighted by Crippen LogP contribution is -2.61. The van der Waals surface area contributed by atoms with Crippen molar-refractivity contribution in [1.82, 2.24) is 0 Å². The van der Waals surface area contributed by atoms with E-state index in [0.717, 1.165) is 24.8 Å². The SMILES string of the molecule is C=C(C)[C@@H](O)CC[C@@](C)(O)[C@@H]1CC[C@]2(C)[C@@H]3CC[C@H]4C(C)(C)C(=O)CC[C@]4(C)[C@H]3CC[C@@]12C. The van der Waals surface area contributed by atoms with Gasteiger partial charge in [-0.3, -0.25) is 4.79 Å². The van der Waals surface area contributed by atoms with Crippen molar-refractivity contribution in [3.8, 4) is 0 Å².